The first-order valence-electron chi connectivity index (χ1n) is 7.68. The van der Waals surface area contributed by atoms with Crippen molar-refractivity contribution in [2.24, 2.45) is 0 Å². The van der Waals surface area contributed by atoms with E-state index >= 15 is 0 Å². The Bertz CT molecular complexity index is 578. The van der Waals surface area contributed by atoms with Crippen molar-refractivity contribution >= 4 is 5.91 Å². The highest BCUT2D eigenvalue weighted by molar-refractivity contribution is 5.94. The van der Waals surface area contributed by atoms with Gasteiger partial charge < -0.3 is 10.1 Å². The van der Waals surface area contributed by atoms with Gasteiger partial charge in [0.05, 0.1) is 6.10 Å². The van der Waals surface area contributed by atoms with Crippen LogP contribution in [0.3, 0.4) is 0 Å². The van der Waals surface area contributed by atoms with Crippen molar-refractivity contribution in [3.63, 3.8) is 0 Å². The molecule has 0 fully saturated rings. The summed E-state index contributed by atoms with van der Waals surface area (Å²) >= 11 is 0. The summed E-state index contributed by atoms with van der Waals surface area (Å²) in [6.07, 6.45) is 0.878. The Kier molecular flexibility index (Phi) is 6.16. The van der Waals surface area contributed by atoms with Gasteiger partial charge in [0.2, 0.25) is 0 Å². The highest BCUT2D eigenvalue weighted by Crippen LogP contribution is 2.15. The third-order valence-corrected chi connectivity index (χ3v) is 3.56. The number of hydrogen-bond donors (Lipinski definition) is 1. The normalized spacial score (nSPS) is 11.9. The fourth-order valence-corrected chi connectivity index (χ4v) is 2.16. The van der Waals surface area contributed by atoms with Crippen LogP contribution in [-0.4, -0.2) is 19.1 Å². The van der Waals surface area contributed by atoms with Crippen molar-refractivity contribution < 1.29 is 9.53 Å². The van der Waals surface area contributed by atoms with Crippen molar-refractivity contribution in [2.75, 3.05) is 13.2 Å². The van der Waals surface area contributed by atoms with Crippen molar-refractivity contribution in [2.45, 2.75) is 26.4 Å². The SMILES string of the molecule is Cc1ccc(C(=O)NCCCOC(C)c2ccccc2)cc1. The lowest BCUT2D eigenvalue weighted by Crippen LogP contribution is -2.25. The van der Waals surface area contributed by atoms with Gasteiger partial charge in [-0.1, -0.05) is 48.0 Å². The molecule has 0 radical (unpaired) electrons. The zero-order valence-electron chi connectivity index (χ0n) is 13.2. The van der Waals surface area contributed by atoms with E-state index in [0.717, 1.165) is 12.0 Å². The van der Waals surface area contributed by atoms with Crippen LogP contribution in [-0.2, 0) is 4.74 Å². The zero-order valence-corrected chi connectivity index (χ0v) is 13.2. The van der Waals surface area contributed by atoms with Gasteiger partial charge in [0.1, 0.15) is 0 Å². The van der Waals surface area contributed by atoms with Gasteiger partial charge in [-0.15, -0.1) is 0 Å². The van der Waals surface area contributed by atoms with E-state index in [9.17, 15) is 4.79 Å². The molecule has 3 heteroatoms. The van der Waals surface area contributed by atoms with Gasteiger partial charge in [-0.2, -0.15) is 0 Å². The predicted molar refractivity (Wildman–Crippen MR) is 88.9 cm³/mol. The van der Waals surface area contributed by atoms with Gasteiger partial charge in [-0.25, -0.2) is 0 Å². The average Bonchev–Trinajstić information content (AvgIpc) is 2.55. The van der Waals surface area contributed by atoms with E-state index in [-0.39, 0.29) is 12.0 Å². The molecule has 1 N–H and O–H groups in total. The maximum absolute atomic E-state index is 11.9. The first-order chi connectivity index (χ1) is 10.7. The van der Waals surface area contributed by atoms with E-state index in [1.54, 1.807) is 0 Å². The molecule has 0 aliphatic rings. The molecular weight excluding hydrogens is 274 g/mol. The van der Waals surface area contributed by atoms with E-state index in [1.807, 2.05) is 56.3 Å². The Labute approximate surface area is 132 Å². The largest absolute Gasteiger partial charge is 0.374 e. The Morgan fingerprint density at radius 1 is 1.09 bits per heavy atom. The second-order valence-electron chi connectivity index (χ2n) is 5.40. The summed E-state index contributed by atoms with van der Waals surface area (Å²) < 4.78 is 5.78. The van der Waals surface area contributed by atoms with E-state index in [2.05, 4.69) is 17.4 Å². The van der Waals surface area contributed by atoms with Gasteiger partial charge in [-0.3, -0.25) is 4.79 Å². The first-order valence-corrected chi connectivity index (χ1v) is 7.68. The van der Waals surface area contributed by atoms with Crippen molar-refractivity contribution in [1.82, 2.24) is 5.32 Å². The van der Waals surface area contributed by atoms with Gasteiger partial charge in [0, 0.05) is 18.7 Å². The number of carbonyl (C=O) groups is 1. The molecule has 2 rings (SSSR count). The van der Waals surface area contributed by atoms with Crippen molar-refractivity contribution in [1.29, 1.82) is 0 Å². The van der Waals surface area contributed by atoms with Gasteiger partial charge in [-0.05, 0) is 38.0 Å². The average molecular weight is 297 g/mol. The van der Waals surface area contributed by atoms with E-state index in [4.69, 9.17) is 4.74 Å². The van der Waals surface area contributed by atoms with Crippen LogP contribution in [0.4, 0.5) is 0 Å². The number of rotatable bonds is 7. The number of ether oxygens (including phenoxy) is 1. The maximum atomic E-state index is 11.9. The molecule has 3 nitrogen and oxygen atoms in total. The summed E-state index contributed by atoms with van der Waals surface area (Å²) in [4.78, 5) is 11.9. The van der Waals surface area contributed by atoms with Crippen LogP contribution in [0.1, 0.15) is 40.9 Å². The Morgan fingerprint density at radius 2 is 1.77 bits per heavy atom. The van der Waals surface area contributed by atoms with Crippen LogP contribution in [0.5, 0.6) is 0 Å². The first kappa shape index (κ1) is 16.2. The van der Waals surface area contributed by atoms with Gasteiger partial charge in [0.15, 0.2) is 0 Å². The second kappa shape index (κ2) is 8.35. The molecule has 0 spiro atoms. The zero-order chi connectivity index (χ0) is 15.8. The van der Waals surface area contributed by atoms with E-state index in [1.165, 1.54) is 5.56 Å². The third kappa shape index (κ3) is 5.01. The standard InChI is InChI=1S/C19H23NO2/c1-15-9-11-18(12-10-15)19(21)20-13-6-14-22-16(2)17-7-4-3-5-8-17/h3-5,7-12,16H,6,13-14H2,1-2H3,(H,20,21). The lowest BCUT2D eigenvalue weighted by Gasteiger charge is -2.13. The Balaban J connectivity index is 1.65. The molecule has 0 bridgehead atoms. The molecule has 2 aromatic carbocycles. The van der Waals surface area contributed by atoms with Gasteiger partial charge in [0.25, 0.3) is 5.91 Å². The molecule has 0 aliphatic heterocycles. The minimum Gasteiger partial charge on any atom is -0.374 e. The fraction of sp³-hybridized carbons (Fsp3) is 0.316. The Hall–Kier alpha value is -2.13. The molecule has 0 saturated carbocycles. The molecule has 1 atom stereocenters. The summed E-state index contributed by atoms with van der Waals surface area (Å²) in [5.74, 6) is -0.0314. The van der Waals surface area contributed by atoms with E-state index in [0.29, 0.717) is 18.7 Å². The number of aryl methyl sites for hydroxylation is 1. The van der Waals surface area contributed by atoms with Crippen LogP contribution >= 0.6 is 0 Å². The molecule has 22 heavy (non-hydrogen) atoms. The molecule has 116 valence electrons. The van der Waals surface area contributed by atoms with E-state index < -0.39 is 0 Å². The lowest BCUT2D eigenvalue weighted by atomic mass is 10.1. The van der Waals surface area contributed by atoms with Crippen LogP contribution < -0.4 is 5.32 Å². The number of amides is 1. The minimum atomic E-state index is -0.0314. The second-order valence-corrected chi connectivity index (χ2v) is 5.40. The van der Waals surface area contributed by atoms with Crippen molar-refractivity contribution in [3.05, 3.63) is 71.3 Å². The highest BCUT2D eigenvalue weighted by Gasteiger charge is 2.06. The molecule has 0 aromatic heterocycles. The summed E-state index contributed by atoms with van der Waals surface area (Å²) in [6.45, 7) is 5.30. The van der Waals surface area contributed by atoms with Crippen LogP contribution in [0.15, 0.2) is 54.6 Å². The number of hydrogen-bond acceptors (Lipinski definition) is 2. The molecule has 2 aromatic rings. The number of nitrogens with one attached hydrogen (secondary N) is 1. The maximum Gasteiger partial charge on any atom is 0.251 e. The summed E-state index contributed by atoms with van der Waals surface area (Å²) in [7, 11) is 0. The summed E-state index contributed by atoms with van der Waals surface area (Å²) in [6, 6.07) is 17.7. The molecule has 0 heterocycles. The molecule has 0 aliphatic carbocycles. The van der Waals surface area contributed by atoms with Crippen LogP contribution in [0.25, 0.3) is 0 Å². The number of carbonyl (C=O) groups excluding carboxylic acids is 1. The van der Waals surface area contributed by atoms with Gasteiger partial charge >= 0.3 is 0 Å². The summed E-state index contributed by atoms with van der Waals surface area (Å²) in [5.41, 5.74) is 3.02. The fourth-order valence-electron chi connectivity index (χ4n) is 2.16. The smallest absolute Gasteiger partial charge is 0.251 e. The minimum absolute atomic E-state index is 0.0314. The monoisotopic (exact) mass is 297 g/mol. The topological polar surface area (TPSA) is 38.3 Å². The summed E-state index contributed by atoms with van der Waals surface area (Å²) in [5, 5.41) is 2.91. The Morgan fingerprint density at radius 3 is 2.45 bits per heavy atom. The van der Waals surface area contributed by atoms with Crippen molar-refractivity contribution in [3.8, 4) is 0 Å². The lowest BCUT2D eigenvalue weighted by molar-refractivity contribution is 0.0635. The quantitative estimate of drug-likeness (QED) is 0.787. The number of benzene rings is 2. The highest BCUT2D eigenvalue weighted by atomic mass is 16.5. The predicted octanol–water partition coefficient (Wildman–Crippen LogP) is 3.89. The third-order valence-electron chi connectivity index (χ3n) is 3.56. The molecule has 1 unspecified atom stereocenters. The van der Waals surface area contributed by atoms with Crippen LogP contribution in [0, 0.1) is 6.92 Å². The molecule has 0 saturated heterocycles. The molecular formula is C19H23NO2. The molecule has 1 amide bonds. The van der Waals surface area contributed by atoms with Crippen LogP contribution in [0.2, 0.25) is 0 Å².